The van der Waals surface area contributed by atoms with Gasteiger partial charge in [0.1, 0.15) is 18.9 Å². The van der Waals surface area contributed by atoms with Crippen LogP contribution in [0.4, 0.5) is 0 Å². The number of Topliss-reactive ketones (excluding diaryl/α,β-unsaturated/α-hetero) is 2. The van der Waals surface area contributed by atoms with Crippen molar-refractivity contribution in [3.8, 4) is 5.75 Å². The topological polar surface area (TPSA) is 83.9 Å². The zero-order valence-corrected chi connectivity index (χ0v) is 25.5. The van der Waals surface area contributed by atoms with Gasteiger partial charge in [0.25, 0.3) is 0 Å². The normalized spacial score (nSPS) is 20.4. The number of benzene rings is 2. The van der Waals surface area contributed by atoms with Crippen LogP contribution in [0.2, 0.25) is 5.02 Å². The summed E-state index contributed by atoms with van der Waals surface area (Å²) < 4.78 is 6.98. The van der Waals surface area contributed by atoms with Crippen molar-refractivity contribution in [2.24, 2.45) is 10.8 Å². The number of ether oxygens (including phenoxy) is 1. The standard InChI is InChI=1S/C32H33BrClNO5/c1-31(2)12-22-29(24(36)14-31)28(30-23(35(22)16-27(38)39)13-32(3,4)15-25(30)37)19-7-10-26(21(34)11-19)40-17-18-5-8-20(33)9-6-18/h5-11,28H,12-17H2,1-4H3,(H,38,39). The molecule has 0 radical (unpaired) electrons. The van der Waals surface area contributed by atoms with Gasteiger partial charge in [0.15, 0.2) is 11.6 Å². The van der Waals surface area contributed by atoms with Gasteiger partial charge in [-0.25, -0.2) is 0 Å². The summed E-state index contributed by atoms with van der Waals surface area (Å²) >= 11 is 10.2. The van der Waals surface area contributed by atoms with Crippen LogP contribution in [0.3, 0.4) is 0 Å². The molecule has 2 aliphatic carbocycles. The maximum absolute atomic E-state index is 13.8. The minimum Gasteiger partial charge on any atom is -0.487 e. The zero-order valence-electron chi connectivity index (χ0n) is 23.1. The number of ketones is 2. The Morgan fingerprint density at radius 2 is 1.50 bits per heavy atom. The van der Waals surface area contributed by atoms with Crippen LogP contribution in [0.15, 0.2) is 69.5 Å². The highest BCUT2D eigenvalue weighted by atomic mass is 79.9. The van der Waals surface area contributed by atoms with E-state index in [1.54, 1.807) is 17.0 Å². The number of hydrogen-bond donors (Lipinski definition) is 1. The molecule has 5 rings (SSSR count). The molecule has 3 aliphatic rings. The summed E-state index contributed by atoms with van der Waals surface area (Å²) in [6.45, 7) is 8.15. The fourth-order valence-corrected chi connectivity index (χ4v) is 6.77. The van der Waals surface area contributed by atoms with Gasteiger partial charge < -0.3 is 14.7 Å². The van der Waals surface area contributed by atoms with Gasteiger partial charge in [0.05, 0.1) is 5.02 Å². The van der Waals surface area contributed by atoms with Gasteiger partial charge in [-0.2, -0.15) is 0 Å². The Morgan fingerprint density at radius 1 is 0.950 bits per heavy atom. The first-order valence-electron chi connectivity index (χ1n) is 13.4. The summed E-state index contributed by atoms with van der Waals surface area (Å²) in [6.07, 6.45) is 1.75. The lowest BCUT2D eigenvalue weighted by atomic mass is 9.63. The maximum atomic E-state index is 13.8. The van der Waals surface area contributed by atoms with Gasteiger partial charge in [0, 0.05) is 45.8 Å². The van der Waals surface area contributed by atoms with Crippen LogP contribution in [0.25, 0.3) is 0 Å². The van der Waals surface area contributed by atoms with Gasteiger partial charge in [-0.1, -0.05) is 73.4 Å². The number of halogens is 2. The molecule has 0 unspecified atom stereocenters. The van der Waals surface area contributed by atoms with Gasteiger partial charge in [-0.05, 0) is 59.1 Å². The molecule has 0 fully saturated rings. The largest absolute Gasteiger partial charge is 0.487 e. The molecule has 1 aliphatic heterocycles. The molecule has 0 spiro atoms. The predicted octanol–water partition coefficient (Wildman–Crippen LogP) is 7.45. The van der Waals surface area contributed by atoms with Crippen LogP contribution in [0, 0.1) is 10.8 Å². The van der Waals surface area contributed by atoms with Crippen molar-refractivity contribution in [2.45, 2.75) is 65.9 Å². The van der Waals surface area contributed by atoms with Crippen molar-refractivity contribution in [1.29, 1.82) is 0 Å². The average molecular weight is 627 g/mol. The lowest BCUT2D eigenvalue weighted by molar-refractivity contribution is -0.138. The molecule has 0 saturated carbocycles. The summed E-state index contributed by atoms with van der Waals surface area (Å²) in [5, 5.41) is 10.2. The first-order valence-corrected chi connectivity index (χ1v) is 14.6. The van der Waals surface area contributed by atoms with E-state index in [1.807, 2.05) is 58.0 Å². The first-order chi connectivity index (χ1) is 18.7. The molecule has 0 amide bonds. The second-order valence-electron chi connectivity index (χ2n) is 12.6. The van der Waals surface area contributed by atoms with Crippen LogP contribution in [0.1, 0.15) is 70.4 Å². The number of carbonyl (C=O) groups excluding carboxylic acids is 2. The van der Waals surface area contributed by atoms with Crippen molar-refractivity contribution in [3.63, 3.8) is 0 Å². The van der Waals surface area contributed by atoms with Crippen LogP contribution in [-0.2, 0) is 21.0 Å². The average Bonchev–Trinajstić information content (AvgIpc) is 2.83. The van der Waals surface area contributed by atoms with Crippen molar-refractivity contribution in [1.82, 2.24) is 4.90 Å². The van der Waals surface area contributed by atoms with Crippen molar-refractivity contribution < 1.29 is 24.2 Å². The third kappa shape index (κ3) is 5.64. The predicted molar refractivity (Wildman–Crippen MR) is 157 cm³/mol. The van der Waals surface area contributed by atoms with E-state index < -0.39 is 11.9 Å². The summed E-state index contributed by atoms with van der Waals surface area (Å²) in [6, 6.07) is 13.3. The van der Waals surface area contributed by atoms with Crippen molar-refractivity contribution in [2.75, 3.05) is 6.54 Å². The molecular weight excluding hydrogens is 594 g/mol. The molecule has 2 aromatic rings. The molecule has 1 N–H and O–H groups in total. The molecule has 6 nitrogen and oxygen atoms in total. The lowest BCUT2D eigenvalue weighted by Crippen LogP contribution is -2.45. The highest BCUT2D eigenvalue weighted by Crippen LogP contribution is 2.54. The number of aliphatic carboxylic acids is 1. The molecule has 1 heterocycles. The Labute approximate surface area is 248 Å². The molecule has 2 aromatic carbocycles. The van der Waals surface area contributed by atoms with Crippen LogP contribution in [-0.4, -0.2) is 34.1 Å². The second-order valence-corrected chi connectivity index (χ2v) is 13.9. The number of carboxylic acids is 1. The van der Waals surface area contributed by atoms with Crippen LogP contribution in [0.5, 0.6) is 5.75 Å². The van der Waals surface area contributed by atoms with E-state index in [2.05, 4.69) is 15.9 Å². The van der Waals surface area contributed by atoms with E-state index in [-0.39, 0.29) is 28.9 Å². The number of hydrogen-bond acceptors (Lipinski definition) is 5. The van der Waals surface area contributed by atoms with Crippen molar-refractivity contribution in [3.05, 3.63) is 85.6 Å². The fraction of sp³-hybridized carbons (Fsp3) is 0.406. The smallest absolute Gasteiger partial charge is 0.323 e. The van der Waals surface area contributed by atoms with Crippen LogP contribution < -0.4 is 4.74 Å². The number of carboxylic acid groups (broad SMARTS) is 1. The summed E-state index contributed by atoms with van der Waals surface area (Å²) in [7, 11) is 0. The number of rotatable bonds is 6. The lowest BCUT2D eigenvalue weighted by Gasteiger charge is -2.48. The summed E-state index contributed by atoms with van der Waals surface area (Å²) in [4.78, 5) is 41.3. The quantitative estimate of drug-likeness (QED) is 0.359. The molecule has 0 atom stereocenters. The summed E-state index contributed by atoms with van der Waals surface area (Å²) in [5.41, 5.74) is 3.53. The third-order valence-corrected chi connectivity index (χ3v) is 8.74. The SMILES string of the molecule is CC1(C)CC(=O)C2=C(C1)N(CC(=O)O)C1=C(C(=O)CC(C)(C)C1)C2c1ccc(OCc2ccc(Br)cc2)c(Cl)c1. The van der Waals surface area contributed by atoms with E-state index in [0.29, 0.717) is 65.6 Å². The van der Waals surface area contributed by atoms with E-state index in [0.717, 1.165) is 15.6 Å². The monoisotopic (exact) mass is 625 g/mol. The van der Waals surface area contributed by atoms with E-state index in [1.165, 1.54) is 0 Å². The highest BCUT2D eigenvalue weighted by Gasteiger charge is 2.49. The molecule has 210 valence electrons. The zero-order chi connectivity index (χ0) is 29.0. The molecule has 0 bridgehead atoms. The third-order valence-electron chi connectivity index (χ3n) is 7.91. The number of allylic oxidation sites excluding steroid dienone is 4. The summed E-state index contributed by atoms with van der Waals surface area (Å²) in [5.74, 6) is -1.20. The minimum atomic E-state index is -1.00. The fourth-order valence-electron chi connectivity index (χ4n) is 6.26. The van der Waals surface area contributed by atoms with Gasteiger partial charge in [0.2, 0.25) is 0 Å². The molecule has 8 heteroatoms. The van der Waals surface area contributed by atoms with E-state index in [9.17, 15) is 19.5 Å². The van der Waals surface area contributed by atoms with Crippen LogP contribution >= 0.6 is 27.5 Å². The highest BCUT2D eigenvalue weighted by molar-refractivity contribution is 9.10. The Balaban J connectivity index is 1.60. The molecular formula is C32H33BrClNO5. The number of nitrogens with zero attached hydrogens (tertiary/aromatic N) is 1. The molecule has 0 aromatic heterocycles. The van der Waals surface area contributed by atoms with E-state index in [4.69, 9.17) is 16.3 Å². The second kappa shape index (κ2) is 10.5. The van der Waals surface area contributed by atoms with Gasteiger partial charge >= 0.3 is 5.97 Å². The Morgan fingerprint density at radius 3 is 2.00 bits per heavy atom. The van der Waals surface area contributed by atoms with Gasteiger partial charge in [-0.15, -0.1) is 0 Å². The van der Waals surface area contributed by atoms with E-state index >= 15 is 0 Å². The molecule has 0 saturated heterocycles. The number of carbonyl (C=O) groups is 3. The van der Waals surface area contributed by atoms with Gasteiger partial charge in [-0.3, -0.25) is 14.4 Å². The Bertz CT molecular complexity index is 1420. The Hall–Kier alpha value is -2.90. The molecule has 40 heavy (non-hydrogen) atoms. The van der Waals surface area contributed by atoms with Crippen molar-refractivity contribution >= 4 is 45.1 Å². The maximum Gasteiger partial charge on any atom is 0.323 e. The minimum absolute atomic E-state index is 0.0532. The Kier molecular flexibility index (Phi) is 7.51. The first kappa shape index (κ1) is 28.6.